The van der Waals surface area contributed by atoms with Crippen molar-refractivity contribution < 1.29 is 4.79 Å². The number of thiophene rings is 1. The molecule has 1 aliphatic carbocycles. The number of aryl methyl sites for hydroxylation is 2. The first kappa shape index (κ1) is 13.5. The summed E-state index contributed by atoms with van der Waals surface area (Å²) in [5.74, 6) is -0.396. The van der Waals surface area contributed by atoms with Gasteiger partial charge in [0.1, 0.15) is 0 Å². The van der Waals surface area contributed by atoms with Crippen molar-refractivity contribution in [1.29, 1.82) is 0 Å². The molecular formula is C15H15ClN2OS. The molecule has 0 aliphatic heterocycles. The minimum atomic E-state index is -0.396. The van der Waals surface area contributed by atoms with Gasteiger partial charge in [0.05, 0.1) is 10.4 Å². The lowest BCUT2D eigenvalue weighted by atomic mass is 10.1. The Bertz CT molecular complexity index is 681. The van der Waals surface area contributed by atoms with E-state index < -0.39 is 5.91 Å². The van der Waals surface area contributed by atoms with Crippen LogP contribution in [0.5, 0.6) is 0 Å². The number of halogens is 1. The van der Waals surface area contributed by atoms with Crippen LogP contribution in [0.25, 0.3) is 0 Å². The molecule has 0 saturated heterocycles. The molecule has 104 valence electrons. The van der Waals surface area contributed by atoms with E-state index in [0.29, 0.717) is 11.6 Å². The minimum Gasteiger partial charge on any atom is -0.378 e. The van der Waals surface area contributed by atoms with E-state index >= 15 is 0 Å². The van der Waals surface area contributed by atoms with Gasteiger partial charge in [0, 0.05) is 16.1 Å². The maximum absolute atomic E-state index is 11.2. The molecule has 0 bridgehead atoms. The Morgan fingerprint density at radius 2 is 2.25 bits per heavy atom. The third-order valence-corrected chi connectivity index (χ3v) is 5.03. The zero-order chi connectivity index (χ0) is 14.3. The molecule has 3 N–H and O–H groups in total. The second kappa shape index (κ2) is 5.11. The monoisotopic (exact) mass is 306 g/mol. The fourth-order valence-electron chi connectivity index (χ4n) is 2.65. The fraction of sp³-hybridized carbons (Fsp3) is 0.267. The van der Waals surface area contributed by atoms with Crippen LogP contribution >= 0.6 is 22.9 Å². The van der Waals surface area contributed by atoms with Crippen LogP contribution < -0.4 is 11.1 Å². The number of hydrogen-bond donors (Lipinski definition) is 2. The quantitative estimate of drug-likeness (QED) is 0.903. The smallest absolute Gasteiger partial charge is 0.248 e. The number of rotatable bonds is 3. The molecule has 1 atom stereocenters. The Balaban J connectivity index is 1.84. The molecule has 3 rings (SSSR count). The van der Waals surface area contributed by atoms with Crippen molar-refractivity contribution in [3.63, 3.8) is 0 Å². The highest BCUT2D eigenvalue weighted by atomic mass is 35.5. The zero-order valence-electron chi connectivity index (χ0n) is 11.1. The van der Waals surface area contributed by atoms with E-state index in [2.05, 4.69) is 11.4 Å². The van der Waals surface area contributed by atoms with Crippen LogP contribution in [0.1, 0.15) is 38.8 Å². The van der Waals surface area contributed by atoms with Crippen molar-refractivity contribution in [2.45, 2.75) is 25.8 Å². The highest BCUT2D eigenvalue weighted by Crippen LogP contribution is 2.41. The predicted octanol–water partition coefficient (Wildman–Crippen LogP) is 3.91. The van der Waals surface area contributed by atoms with Gasteiger partial charge in [-0.05, 0) is 55.2 Å². The number of amides is 1. The molecule has 1 aromatic heterocycles. The normalized spacial score (nSPS) is 17.0. The third-order valence-electron chi connectivity index (χ3n) is 3.69. The van der Waals surface area contributed by atoms with Gasteiger partial charge in [-0.25, -0.2) is 0 Å². The van der Waals surface area contributed by atoms with Crippen molar-refractivity contribution in [1.82, 2.24) is 0 Å². The summed E-state index contributed by atoms with van der Waals surface area (Å²) in [6.45, 7) is 1.98. The van der Waals surface area contributed by atoms with Gasteiger partial charge in [0.25, 0.3) is 0 Å². The molecule has 1 aromatic carbocycles. The largest absolute Gasteiger partial charge is 0.378 e. The number of primary amides is 1. The predicted molar refractivity (Wildman–Crippen MR) is 83.7 cm³/mol. The standard InChI is InChI=1S/C15H15ClN2OS/c1-8-6-9(15(17)19)2-3-11(8)18-12-4-5-13-10(12)7-14(16)20-13/h2-3,6-7,12,18H,4-5H2,1H3,(H2,17,19). The Morgan fingerprint density at radius 1 is 1.45 bits per heavy atom. The van der Waals surface area contributed by atoms with Gasteiger partial charge >= 0.3 is 0 Å². The highest BCUT2D eigenvalue weighted by molar-refractivity contribution is 7.16. The lowest BCUT2D eigenvalue weighted by molar-refractivity contribution is 0.1000. The summed E-state index contributed by atoms with van der Waals surface area (Å²) in [6, 6.07) is 7.85. The van der Waals surface area contributed by atoms with E-state index in [9.17, 15) is 4.79 Å². The van der Waals surface area contributed by atoms with Gasteiger partial charge in [-0.1, -0.05) is 11.6 Å². The number of benzene rings is 1. The zero-order valence-corrected chi connectivity index (χ0v) is 12.6. The minimum absolute atomic E-state index is 0.298. The van der Waals surface area contributed by atoms with Gasteiger partial charge in [-0.3, -0.25) is 4.79 Å². The molecule has 2 aromatic rings. The second-order valence-electron chi connectivity index (χ2n) is 5.06. The summed E-state index contributed by atoms with van der Waals surface area (Å²) >= 11 is 7.74. The number of nitrogens with one attached hydrogen (secondary N) is 1. The molecule has 1 heterocycles. The Kier molecular flexibility index (Phi) is 3.44. The van der Waals surface area contributed by atoms with Crippen molar-refractivity contribution in [2.24, 2.45) is 5.73 Å². The number of carbonyl (C=O) groups excluding carboxylic acids is 1. The summed E-state index contributed by atoms with van der Waals surface area (Å²) in [7, 11) is 0. The van der Waals surface area contributed by atoms with Crippen LogP contribution in [-0.2, 0) is 6.42 Å². The summed E-state index contributed by atoms with van der Waals surface area (Å²) in [5.41, 5.74) is 9.20. The molecule has 20 heavy (non-hydrogen) atoms. The molecule has 0 spiro atoms. The number of nitrogens with two attached hydrogens (primary N) is 1. The average Bonchev–Trinajstić information content (AvgIpc) is 2.92. The fourth-order valence-corrected chi connectivity index (χ4v) is 4.00. The summed E-state index contributed by atoms with van der Waals surface area (Å²) < 4.78 is 0.849. The van der Waals surface area contributed by atoms with Crippen LogP contribution in [0.15, 0.2) is 24.3 Å². The van der Waals surface area contributed by atoms with Gasteiger partial charge in [0.15, 0.2) is 0 Å². The number of fused-ring (bicyclic) bond motifs is 1. The first-order valence-electron chi connectivity index (χ1n) is 6.49. The lowest BCUT2D eigenvalue weighted by Gasteiger charge is -2.17. The van der Waals surface area contributed by atoms with Crippen LogP contribution in [0.3, 0.4) is 0 Å². The van der Waals surface area contributed by atoms with Gasteiger partial charge in [-0.2, -0.15) is 0 Å². The maximum atomic E-state index is 11.2. The Morgan fingerprint density at radius 3 is 2.95 bits per heavy atom. The number of carbonyl (C=O) groups is 1. The molecule has 3 nitrogen and oxygen atoms in total. The maximum Gasteiger partial charge on any atom is 0.248 e. The van der Waals surface area contributed by atoms with Crippen LogP contribution in [-0.4, -0.2) is 5.91 Å². The summed E-state index contributed by atoms with van der Waals surface area (Å²) in [4.78, 5) is 12.5. The average molecular weight is 307 g/mol. The first-order valence-corrected chi connectivity index (χ1v) is 7.69. The van der Waals surface area contributed by atoms with Crippen molar-refractivity contribution in [2.75, 3.05) is 5.32 Å². The van der Waals surface area contributed by atoms with Crippen LogP contribution in [0, 0.1) is 6.92 Å². The van der Waals surface area contributed by atoms with Gasteiger partial charge in [0.2, 0.25) is 5.91 Å². The molecule has 1 aliphatic rings. The molecule has 0 fully saturated rings. The number of hydrogen-bond acceptors (Lipinski definition) is 3. The summed E-state index contributed by atoms with van der Waals surface area (Å²) in [5, 5.41) is 3.54. The molecule has 1 amide bonds. The Labute approximate surface area is 126 Å². The number of anilines is 1. The SMILES string of the molecule is Cc1cc(C(N)=O)ccc1NC1CCc2sc(Cl)cc21. The van der Waals surface area contributed by atoms with Crippen molar-refractivity contribution in [3.8, 4) is 0 Å². The molecule has 0 saturated carbocycles. The first-order chi connectivity index (χ1) is 9.54. The van der Waals surface area contributed by atoms with E-state index in [1.54, 1.807) is 17.4 Å². The third kappa shape index (κ3) is 2.41. The molecular weight excluding hydrogens is 292 g/mol. The second-order valence-corrected chi connectivity index (χ2v) is 6.83. The van der Waals surface area contributed by atoms with Crippen molar-refractivity contribution in [3.05, 3.63) is 50.2 Å². The molecule has 0 radical (unpaired) electrons. The highest BCUT2D eigenvalue weighted by Gasteiger charge is 2.25. The van der Waals surface area contributed by atoms with E-state index in [0.717, 1.165) is 28.4 Å². The lowest BCUT2D eigenvalue weighted by Crippen LogP contribution is -2.12. The van der Waals surface area contributed by atoms with Crippen LogP contribution in [0.4, 0.5) is 5.69 Å². The Hall–Kier alpha value is -1.52. The summed E-state index contributed by atoms with van der Waals surface area (Å²) in [6.07, 6.45) is 2.15. The van der Waals surface area contributed by atoms with E-state index in [1.807, 2.05) is 19.1 Å². The van der Waals surface area contributed by atoms with Crippen molar-refractivity contribution >= 4 is 34.5 Å². The van der Waals surface area contributed by atoms with E-state index in [4.69, 9.17) is 17.3 Å². The van der Waals surface area contributed by atoms with Gasteiger partial charge in [-0.15, -0.1) is 11.3 Å². The van der Waals surface area contributed by atoms with Crippen LogP contribution in [0.2, 0.25) is 4.34 Å². The topological polar surface area (TPSA) is 55.1 Å². The molecule has 5 heteroatoms. The van der Waals surface area contributed by atoms with Gasteiger partial charge < -0.3 is 11.1 Å². The van der Waals surface area contributed by atoms with E-state index in [-0.39, 0.29) is 0 Å². The molecule has 1 unspecified atom stereocenters. The van der Waals surface area contributed by atoms with E-state index in [1.165, 1.54) is 10.4 Å².